The Balaban J connectivity index is 2.15. The number of nitrogens with one attached hydrogen (secondary N) is 1. The van der Waals surface area contributed by atoms with Crippen molar-refractivity contribution >= 4 is 0 Å². The van der Waals surface area contributed by atoms with E-state index in [9.17, 15) is 0 Å². The first-order valence-electron chi connectivity index (χ1n) is 5.73. The Labute approximate surface area is 95.7 Å². The van der Waals surface area contributed by atoms with Crippen LogP contribution in [0.1, 0.15) is 43.7 Å². The molecule has 0 amide bonds. The molecule has 2 unspecified atom stereocenters. The molecule has 0 aliphatic heterocycles. The third-order valence-corrected chi connectivity index (χ3v) is 3.30. The molecule has 2 rings (SSSR count). The molecule has 1 N–H and O–H groups in total. The van der Waals surface area contributed by atoms with Crippen LogP contribution in [0, 0.1) is 0 Å². The maximum Gasteiger partial charge on any atom is 0.0524 e. The van der Waals surface area contributed by atoms with E-state index < -0.39 is 0 Å². The lowest BCUT2D eigenvalue weighted by atomic mass is 9.87. The van der Waals surface area contributed by atoms with E-state index in [2.05, 4.69) is 42.3 Å². The van der Waals surface area contributed by atoms with Gasteiger partial charge < -0.3 is 0 Å². The monoisotopic (exact) mass is 218 g/mol. The Morgan fingerprint density at radius 3 is 2.56 bits per heavy atom. The summed E-state index contributed by atoms with van der Waals surface area (Å²) in [6.07, 6.45) is 7.95. The minimum Gasteiger partial charge on any atom is -0.285 e. The Hall–Kier alpha value is -1.58. The highest BCUT2D eigenvalue weighted by Gasteiger charge is 2.18. The zero-order valence-electron chi connectivity index (χ0n) is 10.0. The smallest absolute Gasteiger partial charge is 0.0524 e. The lowest BCUT2D eigenvalue weighted by Crippen LogP contribution is -2.03. The Morgan fingerprint density at radius 2 is 2.00 bits per heavy atom. The molecule has 2 aromatic heterocycles. The molecular formula is C12H18N4. The van der Waals surface area contributed by atoms with Gasteiger partial charge in [0.05, 0.1) is 12.4 Å². The summed E-state index contributed by atoms with van der Waals surface area (Å²) in [5.41, 5.74) is 2.53. The number of aromatic amines is 1. The van der Waals surface area contributed by atoms with Crippen LogP contribution in [0.25, 0.3) is 0 Å². The molecule has 2 heterocycles. The van der Waals surface area contributed by atoms with Gasteiger partial charge in [-0.25, -0.2) is 0 Å². The molecule has 0 saturated heterocycles. The van der Waals surface area contributed by atoms with Gasteiger partial charge in [-0.1, -0.05) is 13.8 Å². The molecule has 2 aromatic rings. The van der Waals surface area contributed by atoms with Crippen LogP contribution in [0.3, 0.4) is 0 Å². The number of H-pyrrole nitrogens is 1. The van der Waals surface area contributed by atoms with Gasteiger partial charge in [0.25, 0.3) is 0 Å². The van der Waals surface area contributed by atoms with E-state index in [1.165, 1.54) is 11.1 Å². The SMILES string of the molecule is CCn1cc(C(C)C(C)c2cn[nH]c2)cn1. The third kappa shape index (κ3) is 2.01. The quantitative estimate of drug-likeness (QED) is 0.857. The van der Waals surface area contributed by atoms with Gasteiger partial charge >= 0.3 is 0 Å². The van der Waals surface area contributed by atoms with Crippen LogP contribution < -0.4 is 0 Å². The Kier molecular flexibility index (Phi) is 3.08. The molecule has 0 bridgehead atoms. The number of hydrogen-bond donors (Lipinski definition) is 1. The highest BCUT2D eigenvalue weighted by Crippen LogP contribution is 2.31. The molecule has 86 valence electrons. The molecule has 16 heavy (non-hydrogen) atoms. The predicted octanol–water partition coefficient (Wildman–Crippen LogP) is 2.53. The second-order valence-corrected chi connectivity index (χ2v) is 4.24. The van der Waals surface area contributed by atoms with Gasteiger partial charge in [0.2, 0.25) is 0 Å². The third-order valence-electron chi connectivity index (χ3n) is 3.30. The molecular weight excluding hydrogens is 200 g/mol. The number of aryl methyl sites for hydroxylation is 1. The number of aromatic nitrogens is 4. The summed E-state index contributed by atoms with van der Waals surface area (Å²) >= 11 is 0. The molecule has 4 nitrogen and oxygen atoms in total. The van der Waals surface area contributed by atoms with Crippen molar-refractivity contribution in [3.63, 3.8) is 0 Å². The Morgan fingerprint density at radius 1 is 1.25 bits per heavy atom. The van der Waals surface area contributed by atoms with Gasteiger partial charge in [-0.05, 0) is 29.9 Å². The zero-order valence-corrected chi connectivity index (χ0v) is 10.0. The first-order valence-corrected chi connectivity index (χ1v) is 5.73. The summed E-state index contributed by atoms with van der Waals surface area (Å²) < 4.78 is 1.97. The molecule has 4 heteroatoms. The van der Waals surface area contributed by atoms with Crippen LogP contribution in [0.5, 0.6) is 0 Å². The van der Waals surface area contributed by atoms with Crippen molar-refractivity contribution in [2.45, 2.75) is 39.2 Å². The van der Waals surface area contributed by atoms with Gasteiger partial charge in [0.1, 0.15) is 0 Å². The van der Waals surface area contributed by atoms with Gasteiger partial charge in [-0.2, -0.15) is 10.2 Å². The van der Waals surface area contributed by atoms with E-state index in [0.29, 0.717) is 11.8 Å². The van der Waals surface area contributed by atoms with Crippen molar-refractivity contribution in [3.05, 3.63) is 35.9 Å². The minimum absolute atomic E-state index is 0.452. The topological polar surface area (TPSA) is 46.5 Å². The number of rotatable bonds is 4. The second kappa shape index (κ2) is 4.51. The molecule has 0 radical (unpaired) electrons. The van der Waals surface area contributed by atoms with Gasteiger partial charge in [0, 0.05) is 18.9 Å². The second-order valence-electron chi connectivity index (χ2n) is 4.24. The van der Waals surface area contributed by atoms with E-state index in [0.717, 1.165) is 6.54 Å². The van der Waals surface area contributed by atoms with E-state index in [1.807, 2.05) is 23.3 Å². The number of hydrogen-bond acceptors (Lipinski definition) is 2. The van der Waals surface area contributed by atoms with Crippen LogP contribution in [-0.2, 0) is 6.54 Å². The predicted molar refractivity (Wildman–Crippen MR) is 63.3 cm³/mol. The fourth-order valence-corrected chi connectivity index (χ4v) is 1.87. The molecule has 0 saturated carbocycles. The maximum atomic E-state index is 4.31. The van der Waals surface area contributed by atoms with Crippen molar-refractivity contribution in [3.8, 4) is 0 Å². The molecule has 2 atom stereocenters. The van der Waals surface area contributed by atoms with Gasteiger partial charge in [-0.15, -0.1) is 0 Å². The summed E-state index contributed by atoms with van der Waals surface area (Å²) in [5, 5.41) is 11.2. The van der Waals surface area contributed by atoms with Crippen molar-refractivity contribution in [2.24, 2.45) is 0 Å². The molecule has 0 fully saturated rings. The first-order chi connectivity index (χ1) is 7.72. The number of nitrogens with zero attached hydrogens (tertiary/aromatic N) is 3. The van der Waals surface area contributed by atoms with Crippen LogP contribution in [0.2, 0.25) is 0 Å². The molecule has 0 aromatic carbocycles. The van der Waals surface area contributed by atoms with Crippen molar-refractivity contribution < 1.29 is 0 Å². The Bertz CT molecular complexity index is 430. The van der Waals surface area contributed by atoms with Crippen molar-refractivity contribution in [1.82, 2.24) is 20.0 Å². The summed E-state index contributed by atoms with van der Waals surface area (Å²) in [7, 11) is 0. The van der Waals surface area contributed by atoms with E-state index >= 15 is 0 Å². The summed E-state index contributed by atoms with van der Waals surface area (Å²) in [6, 6.07) is 0. The van der Waals surface area contributed by atoms with Gasteiger partial charge in [0.15, 0.2) is 0 Å². The normalized spacial score (nSPS) is 14.9. The summed E-state index contributed by atoms with van der Waals surface area (Å²) in [4.78, 5) is 0. The highest BCUT2D eigenvalue weighted by molar-refractivity contribution is 5.20. The minimum atomic E-state index is 0.452. The van der Waals surface area contributed by atoms with Crippen molar-refractivity contribution in [2.75, 3.05) is 0 Å². The highest BCUT2D eigenvalue weighted by atomic mass is 15.3. The van der Waals surface area contributed by atoms with Crippen LogP contribution in [0.4, 0.5) is 0 Å². The van der Waals surface area contributed by atoms with Crippen LogP contribution in [-0.4, -0.2) is 20.0 Å². The summed E-state index contributed by atoms with van der Waals surface area (Å²) in [5.74, 6) is 0.908. The summed E-state index contributed by atoms with van der Waals surface area (Å²) in [6.45, 7) is 7.47. The van der Waals surface area contributed by atoms with Crippen molar-refractivity contribution in [1.29, 1.82) is 0 Å². The van der Waals surface area contributed by atoms with E-state index in [-0.39, 0.29) is 0 Å². The van der Waals surface area contributed by atoms with Crippen LogP contribution in [0.15, 0.2) is 24.8 Å². The van der Waals surface area contributed by atoms with E-state index in [1.54, 1.807) is 0 Å². The first kappa shape index (κ1) is 10.9. The fourth-order valence-electron chi connectivity index (χ4n) is 1.87. The fraction of sp³-hybridized carbons (Fsp3) is 0.500. The largest absolute Gasteiger partial charge is 0.285 e. The average Bonchev–Trinajstić information content (AvgIpc) is 2.97. The van der Waals surface area contributed by atoms with Crippen LogP contribution >= 0.6 is 0 Å². The molecule has 0 spiro atoms. The van der Waals surface area contributed by atoms with Gasteiger partial charge in [-0.3, -0.25) is 9.78 Å². The lowest BCUT2D eigenvalue weighted by molar-refractivity contribution is 0.619. The maximum absolute atomic E-state index is 4.31. The molecule has 0 aliphatic carbocycles. The van der Waals surface area contributed by atoms with E-state index in [4.69, 9.17) is 0 Å². The molecule has 0 aliphatic rings. The average molecular weight is 218 g/mol. The zero-order chi connectivity index (χ0) is 11.5. The standard InChI is InChI=1S/C12H18N4/c1-4-16-8-12(7-15-16)10(3)9(2)11-5-13-14-6-11/h5-10H,4H2,1-3H3,(H,13,14). The lowest BCUT2D eigenvalue weighted by Gasteiger charge is -2.16.